The molecule has 1 saturated heterocycles. The van der Waals surface area contributed by atoms with Crippen LogP contribution in [0.2, 0.25) is 0 Å². The third-order valence-electron chi connectivity index (χ3n) is 4.25. The summed E-state index contributed by atoms with van der Waals surface area (Å²) in [6.07, 6.45) is 0. The zero-order valence-electron chi connectivity index (χ0n) is 13.8. The molecule has 6 heteroatoms. The van der Waals surface area contributed by atoms with Crippen LogP contribution < -0.4 is 0 Å². The van der Waals surface area contributed by atoms with Crippen LogP contribution in [0, 0.1) is 0 Å². The zero-order chi connectivity index (χ0) is 16.9. The van der Waals surface area contributed by atoms with Crippen molar-refractivity contribution in [2.75, 3.05) is 39.0 Å². The normalized spacial score (nSPS) is 17.0. The molecule has 0 spiro atoms. The first-order valence-electron chi connectivity index (χ1n) is 8.04. The van der Waals surface area contributed by atoms with Gasteiger partial charge in [0.05, 0.1) is 0 Å². The molecule has 1 amide bonds. The van der Waals surface area contributed by atoms with E-state index in [-0.39, 0.29) is 11.7 Å². The highest BCUT2D eigenvalue weighted by atomic mass is 32.2. The van der Waals surface area contributed by atoms with E-state index < -0.39 is 10.8 Å². The molecule has 1 fully saturated rings. The summed E-state index contributed by atoms with van der Waals surface area (Å²) < 4.78 is 12.4. The number of amides is 1. The van der Waals surface area contributed by atoms with Crippen LogP contribution in [0.5, 0.6) is 0 Å². The van der Waals surface area contributed by atoms with Crippen LogP contribution in [-0.4, -0.2) is 58.9 Å². The molecule has 4 nitrogen and oxygen atoms in total. The molecule has 0 aliphatic carbocycles. The third-order valence-corrected chi connectivity index (χ3v) is 6.16. The number of hydrogen-bond donors (Lipinski definition) is 0. The van der Waals surface area contributed by atoms with E-state index in [2.05, 4.69) is 40.9 Å². The molecule has 1 aliphatic rings. The molecule has 1 aromatic carbocycles. The van der Waals surface area contributed by atoms with Gasteiger partial charge in [-0.1, -0.05) is 24.3 Å². The Balaban J connectivity index is 1.57. The Labute approximate surface area is 149 Å². The van der Waals surface area contributed by atoms with Gasteiger partial charge in [0, 0.05) is 42.7 Å². The van der Waals surface area contributed by atoms with Gasteiger partial charge in [-0.3, -0.25) is 9.00 Å². The van der Waals surface area contributed by atoms with Crippen molar-refractivity contribution in [2.45, 2.75) is 5.75 Å². The highest BCUT2D eigenvalue weighted by molar-refractivity contribution is 7.84. The highest BCUT2D eigenvalue weighted by Gasteiger charge is 2.20. The lowest BCUT2D eigenvalue weighted by atomic mass is 10.1. The number of nitrogens with zero attached hydrogens (tertiary/aromatic N) is 2. The van der Waals surface area contributed by atoms with Crippen molar-refractivity contribution < 1.29 is 9.00 Å². The lowest BCUT2D eigenvalue weighted by Gasteiger charge is -2.32. The van der Waals surface area contributed by atoms with Crippen molar-refractivity contribution in [2.24, 2.45) is 0 Å². The highest BCUT2D eigenvalue weighted by Crippen LogP contribution is 2.23. The Bertz CT molecular complexity index is 708. The topological polar surface area (TPSA) is 40.6 Å². The molecule has 2 aromatic rings. The molecule has 2 heterocycles. The van der Waals surface area contributed by atoms with E-state index >= 15 is 0 Å². The Morgan fingerprint density at radius 1 is 1.17 bits per heavy atom. The van der Waals surface area contributed by atoms with Gasteiger partial charge in [0.15, 0.2) is 0 Å². The average Bonchev–Trinajstić information content (AvgIpc) is 3.10. The Hall–Kier alpha value is -1.50. The molecule has 128 valence electrons. The summed E-state index contributed by atoms with van der Waals surface area (Å²) in [5, 5.41) is 4.15. The first-order chi connectivity index (χ1) is 11.6. The van der Waals surface area contributed by atoms with Gasteiger partial charge in [-0.25, -0.2) is 0 Å². The molecule has 1 atom stereocenters. The summed E-state index contributed by atoms with van der Waals surface area (Å²) in [7, 11) is 0.887. The molecular weight excluding hydrogens is 340 g/mol. The van der Waals surface area contributed by atoms with Crippen molar-refractivity contribution in [1.82, 2.24) is 9.80 Å². The Morgan fingerprint density at radius 3 is 2.67 bits per heavy atom. The van der Waals surface area contributed by atoms with E-state index in [1.165, 1.54) is 5.56 Å². The molecule has 0 N–H and O–H groups in total. The van der Waals surface area contributed by atoms with Crippen LogP contribution in [0.4, 0.5) is 0 Å². The van der Waals surface area contributed by atoms with E-state index in [1.54, 1.807) is 11.3 Å². The number of likely N-dealkylation sites (N-methyl/N-ethyl adjacent to an activating group) is 1. The zero-order valence-corrected chi connectivity index (χ0v) is 15.4. The number of thiophene rings is 1. The minimum Gasteiger partial charge on any atom is -0.339 e. The van der Waals surface area contributed by atoms with Gasteiger partial charge in [-0.2, -0.15) is 11.3 Å². The standard InChI is InChI=1S/C18H22N2O2S2/c1-19-6-8-20(9-7-19)18(21)14-24(22)13-15-3-2-4-16(11-15)17-5-10-23-12-17/h2-5,10-12H,6-9,13-14H2,1H3. The maximum Gasteiger partial charge on any atom is 0.235 e. The molecule has 1 aliphatic heterocycles. The van der Waals surface area contributed by atoms with Crippen LogP contribution in [0.1, 0.15) is 5.56 Å². The van der Waals surface area contributed by atoms with Crippen molar-refractivity contribution in [1.29, 1.82) is 0 Å². The third kappa shape index (κ3) is 4.53. The van der Waals surface area contributed by atoms with Crippen LogP contribution in [-0.2, 0) is 21.3 Å². The number of hydrogen-bond acceptors (Lipinski definition) is 4. The number of piperazine rings is 1. The van der Waals surface area contributed by atoms with Gasteiger partial charge in [0.25, 0.3) is 0 Å². The van der Waals surface area contributed by atoms with Crippen molar-refractivity contribution in [3.8, 4) is 11.1 Å². The summed E-state index contributed by atoms with van der Waals surface area (Å²) in [4.78, 5) is 16.3. The number of carbonyl (C=O) groups is 1. The van der Waals surface area contributed by atoms with E-state index in [1.807, 2.05) is 17.0 Å². The first-order valence-corrected chi connectivity index (χ1v) is 10.5. The van der Waals surface area contributed by atoms with E-state index in [0.717, 1.165) is 37.3 Å². The summed E-state index contributed by atoms with van der Waals surface area (Å²) >= 11 is 1.66. The van der Waals surface area contributed by atoms with Crippen LogP contribution in [0.3, 0.4) is 0 Å². The summed E-state index contributed by atoms with van der Waals surface area (Å²) in [6, 6.07) is 10.2. The maximum absolute atomic E-state index is 12.4. The second kappa shape index (κ2) is 8.05. The summed E-state index contributed by atoms with van der Waals surface area (Å²) in [5.74, 6) is 0.555. The van der Waals surface area contributed by atoms with Gasteiger partial charge < -0.3 is 9.80 Å². The Morgan fingerprint density at radius 2 is 1.96 bits per heavy atom. The van der Waals surface area contributed by atoms with Crippen LogP contribution in [0.15, 0.2) is 41.1 Å². The monoisotopic (exact) mass is 362 g/mol. The summed E-state index contributed by atoms with van der Waals surface area (Å²) in [5.41, 5.74) is 3.33. The molecular formula is C18H22N2O2S2. The van der Waals surface area contributed by atoms with E-state index in [0.29, 0.717) is 5.75 Å². The molecule has 0 saturated carbocycles. The molecule has 0 radical (unpaired) electrons. The van der Waals surface area contributed by atoms with Gasteiger partial charge in [0.2, 0.25) is 5.91 Å². The fourth-order valence-electron chi connectivity index (χ4n) is 2.79. The fraction of sp³-hybridized carbons (Fsp3) is 0.389. The van der Waals surface area contributed by atoms with Gasteiger partial charge in [0.1, 0.15) is 5.75 Å². The largest absolute Gasteiger partial charge is 0.339 e. The van der Waals surface area contributed by atoms with E-state index in [4.69, 9.17) is 0 Å². The quantitative estimate of drug-likeness (QED) is 0.820. The van der Waals surface area contributed by atoms with E-state index in [9.17, 15) is 9.00 Å². The minimum absolute atomic E-state index is 0.00965. The van der Waals surface area contributed by atoms with Gasteiger partial charge in [-0.15, -0.1) is 0 Å². The van der Waals surface area contributed by atoms with Gasteiger partial charge >= 0.3 is 0 Å². The van der Waals surface area contributed by atoms with Gasteiger partial charge in [-0.05, 0) is 40.6 Å². The predicted molar refractivity (Wildman–Crippen MR) is 101 cm³/mol. The smallest absolute Gasteiger partial charge is 0.235 e. The molecule has 24 heavy (non-hydrogen) atoms. The molecule has 0 bridgehead atoms. The minimum atomic E-state index is -1.17. The van der Waals surface area contributed by atoms with Crippen LogP contribution in [0.25, 0.3) is 11.1 Å². The molecule has 1 aromatic heterocycles. The second-order valence-electron chi connectivity index (χ2n) is 6.12. The first kappa shape index (κ1) is 17.3. The SMILES string of the molecule is CN1CCN(C(=O)CS(=O)Cc2cccc(-c3ccsc3)c2)CC1. The predicted octanol–water partition coefficient (Wildman–Crippen LogP) is 2.44. The maximum atomic E-state index is 12.4. The lowest BCUT2D eigenvalue weighted by Crippen LogP contribution is -2.48. The van der Waals surface area contributed by atoms with Crippen molar-refractivity contribution in [3.63, 3.8) is 0 Å². The van der Waals surface area contributed by atoms with Crippen molar-refractivity contribution in [3.05, 3.63) is 46.7 Å². The van der Waals surface area contributed by atoms with Crippen molar-refractivity contribution >= 4 is 28.0 Å². The van der Waals surface area contributed by atoms with Crippen LogP contribution >= 0.6 is 11.3 Å². The number of carbonyl (C=O) groups excluding carboxylic acids is 1. The Kier molecular flexibility index (Phi) is 5.81. The number of benzene rings is 1. The average molecular weight is 363 g/mol. The second-order valence-corrected chi connectivity index (χ2v) is 8.36. The number of rotatable bonds is 5. The fourth-order valence-corrected chi connectivity index (χ4v) is 4.57. The summed E-state index contributed by atoms with van der Waals surface area (Å²) in [6.45, 7) is 3.25. The molecule has 3 rings (SSSR count). The lowest BCUT2D eigenvalue weighted by molar-refractivity contribution is -0.129. The molecule has 1 unspecified atom stereocenters.